The highest BCUT2D eigenvalue weighted by atomic mass is 14.7. The molecule has 0 bridgehead atoms. The van der Waals surface area contributed by atoms with E-state index in [2.05, 4.69) is 6.92 Å². The van der Waals surface area contributed by atoms with Crippen LogP contribution in [-0.4, -0.2) is 12.6 Å². The molecule has 0 aromatic carbocycles. The van der Waals surface area contributed by atoms with Crippen LogP contribution >= 0.6 is 0 Å². The molecule has 4 N–H and O–H groups in total. The fourth-order valence-electron chi connectivity index (χ4n) is 2.14. The Morgan fingerprint density at radius 3 is 2.33 bits per heavy atom. The van der Waals surface area contributed by atoms with Crippen molar-refractivity contribution in [3.63, 3.8) is 0 Å². The van der Waals surface area contributed by atoms with Gasteiger partial charge in [0.1, 0.15) is 0 Å². The molecular weight excluding hydrogens is 148 g/mol. The van der Waals surface area contributed by atoms with Crippen molar-refractivity contribution in [3.8, 4) is 0 Å². The largest absolute Gasteiger partial charge is 0.330 e. The third kappa shape index (κ3) is 2.46. The van der Waals surface area contributed by atoms with Gasteiger partial charge in [-0.2, -0.15) is 0 Å². The van der Waals surface area contributed by atoms with E-state index in [1.165, 1.54) is 32.1 Å². The molecule has 0 heterocycles. The topological polar surface area (TPSA) is 52.0 Å². The van der Waals surface area contributed by atoms with E-state index < -0.39 is 0 Å². The molecule has 0 amide bonds. The van der Waals surface area contributed by atoms with Gasteiger partial charge < -0.3 is 11.5 Å². The molecule has 1 aliphatic carbocycles. The van der Waals surface area contributed by atoms with E-state index >= 15 is 0 Å². The average molecular weight is 170 g/mol. The molecule has 0 spiro atoms. The van der Waals surface area contributed by atoms with E-state index in [4.69, 9.17) is 11.5 Å². The highest BCUT2D eigenvalue weighted by molar-refractivity contribution is 4.80. The minimum atomic E-state index is 0.343. The van der Waals surface area contributed by atoms with Crippen LogP contribution in [-0.2, 0) is 0 Å². The van der Waals surface area contributed by atoms with E-state index in [1.807, 2.05) is 0 Å². The van der Waals surface area contributed by atoms with Gasteiger partial charge in [0.2, 0.25) is 0 Å². The molecule has 2 nitrogen and oxygen atoms in total. The fraction of sp³-hybridized carbons (Fsp3) is 1.00. The lowest BCUT2D eigenvalue weighted by Crippen LogP contribution is -2.40. The van der Waals surface area contributed by atoms with Gasteiger partial charge in [0.25, 0.3) is 0 Å². The van der Waals surface area contributed by atoms with Crippen LogP contribution in [0.25, 0.3) is 0 Å². The Bertz CT molecular complexity index is 119. The van der Waals surface area contributed by atoms with Crippen LogP contribution in [0, 0.1) is 11.8 Å². The monoisotopic (exact) mass is 170 g/mol. The maximum absolute atomic E-state index is 6.12. The van der Waals surface area contributed by atoms with Gasteiger partial charge in [0, 0.05) is 6.04 Å². The van der Waals surface area contributed by atoms with E-state index in [9.17, 15) is 0 Å². The van der Waals surface area contributed by atoms with Gasteiger partial charge in [0.05, 0.1) is 0 Å². The van der Waals surface area contributed by atoms with Gasteiger partial charge in [0.15, 0.2) is 0 Å². The van der Waals surface area contributed by atoms with Crippen LogP contribution < -0.4 is 11.5 Å². The first kappa shape index (κ1) is 10.0. The molecule has 1 aliphatic rings. The zero-order valence-corrected chi connectivity index (χ0v) is 8.13. The minimum Gasteiger partial charge on any atom is -0.330 e. The van der Waals surface area contributed by atoms with Crippen LogP contribution in [0.1, 0.15) is 39.0 Å². The van der Waals surface area contributed by atoms with Crippen molar-refractivity contribution >= 4 is 0 Å². The summed E-state index contributed by atoms with van der Waals surface area (Å²) in [7, 11) is 0. The lowest BCUT2D eigenvalue weighted by molar-refractivity contribution is 0.256. The normalized spacial score (nSPS) is 25.2. The lowest BCUT2D eigenvalue weighted by Gasteiger charge is -2.30. The summed E-state index contributed by atoms with van der Waals surface area (Å²) in [5, 5.41) is 0. The minimum absolute atomic E-state index is 0.343. The van der Waals surface area contributed by atoms with E-state index in [-0.39, 0.29) is 0 Å². The molecule has 2 heteroatoms. The molecule has 0 radical (unpaired) electrons. The second kappa shape index (κ2) is 4.83. The van der Waals surface area contributed by atoms with Gasteiger partial charge in [-0.3, -0.25) is 0 Å². The quantitative estimate of drug-likeness (QED) is 0.674. The number of hydrogen-bond acceptors (Lipinski definition) is 2. The van der Waals surface area contributed by atoms with Crippen molar-refractivity contribution in [1.82, 2.24) is 0 Å². The van der Waals surface area contributed by atoms with Gasteiger partial charge >= 0.3 is 0 Å². The Morgan fingerprint density at radius 2 is 1.83 bits per heavy atom. The maximum Gasteiger partial charge on any atom is 0.0105 e. The molecule has 1 saturated carbocycles. The second-order valence-corrected chi connectivity index (χ2v) is 4.19. The molecule has 1 rings (SSSR count). The molecule has 0 aliphatic heterocycles. The molecule has 0 aromatic heterocycles. The number of hydrogen-bond donors (Lipinski definition) is 2. The highest BCUT2D eigenvalue weighted by Gasteiger charge is 2.23. The maximum atomic E-state index is 6.12. The van der Waals surface area contributed by atoms with Crippen molar-refractivity contribution in [1.29, 1.82) is 0 Å². The molecule has 0 saturated heterocycles. The first-order valence-electron chi connectivity index (χ1n) is 5.21. The lowest BCUT2D eigenvalue weighted by atomic mass is 9.80. The fourth-order valence-corrected chi connectivity index (χ4v) is 2.14. The van der Waals surface area contributed by atoms with E-state index in [0.29, 0.717) is 12.0 Å². The Labute approximate surface area is 75.7 Å². The summed E-state index contributed by atoms with van der Waals surface area (Å²) in [5.74, 6) is 1.24. The summed E-state index contributed by atoms with van der Waals surface area (Å²) in [4.78, 5) is 0. The number of nitrogens with two attached hydrogens (primary N) is 2. The Morgan fingerprint density at radius 1 is 1.25 bits per heavy atom. The van der Waals surface area contributed by atoms with Gasteiger partial charge in [-0.1, -0.05) is 26.2 Å². The Kier molecular flexibility index (Phi) is 4.02. The third-order valence-corrected chi connectivity index (χ3v) is 3.22. The summed E-state index contributed by atoms with van der Waals surface area (Å²) >= 11 is 0. The standard InChI is InChI=1S/C10H22N2/c1-8(7-11)10(12)9-5-3-2-4-6-9/h8-10H,2-7,11-12H2,1H3. The van der Waals surface area contributed by atoms with Crippen molar-refractivity contribution < 1.29 is 0 Å². The summed E-state index contributed by atoms with van der Waals surface area (Å²) < 4.78 is 0. The summed E-state index contributed by atoms with van der Waals surface area (Å²) in [6.45, 7) is 2.90. The molecular formula is C10H22N2. The predicted octanol–water partition coefficient (Wildman–Crippen LogP) is 1.49. The first-order valence-corrected chi connectivity index (χ1v) is 5.21. The summed E-state index contributed by atoms with van der Waals surface area (Å²) in [6.07, 6.45) is 6.79. The summed E-state index contributed by atoms with van der Waals surface area (Å²) in [5.41, 5.74) is 11.7. The van der Waals surface area contributed by atoms with Crippen LogP contribution in [0.3, 0.4) is 0 Å². The van der Waals surface area contributed by atoms with Crippen LogP contribution in [0.15, 0.2) is 0 Å². The zero-order valence-electron chi connectivity index (χ0n) is 8.13. The zero-order chi connectivity index (χ0) is 8.97. The molecule has 2 atom stereocenters. The van der Waals surface area contributed by atoms with Crippen molar-refractivity contribution in [2.24, 2.45) is 23.3 Å². The van der Waals surface area contributed by atoms with Crippen LogP contribution in [0.2, 0.25) is 0 Å². The van der Waals surface area contributed by atoms with E-state index in [0.717, 1.165) is 12.5 Å². The van der Waals surface area contributed by atoms with Gasteiger partial charge in [-0.15, -0.1) is 0 Å². The average Bonchev–Trinajstić information content (AvgIpc) is 2.17. The smallest absolute Gasteiger partial charge is 0.0105 e. The highest BCUT2D eigenvalue weighted by Crippen LogP contribution is 2.27. The van der Waals surface area contributed by atoms with Crippen LogP contribution in [0.5, 0.6) is 0 Å². The molecule has 1 fully saturated rings. The molecule has 2 unspecified atom stereocenters. The molecule has 12 heavy (non-hydrogen) atoms. The Hall–Kier alpha value is -0.0800. The van der Waals surface area contributed by atoms with Crippen LogP contribution in [0.4, 0.5) is 0 Å². The van der Waals surface area contributed by atoms with E-state index in [1.54, 1.807) is 0 Å². The number of rotatable bonds is 3. The molecule has 72 valence electrons. The van der Waals surface area contributed by atoms with Gasteiger partial charge in [-0.05, 0) is 31.2 Å². The molecule has 0 aromatic rings. The summed E-state index contributed by atoms with van der Waals surface area (Å²) in [6, 6.07) is 0.343. The SMILES string of the molecule is CC(CN)C(N)C1CCCCC1. The Balaban J connectivity index is 2.33. The second-order valence-electron chi connectivity index (χ2n) is 4.19. The van der Waals surface area contributed by atoms with Crippen molar-refractivity contribution in [3.05, 3.63) is 0 Å². The predicted molar refractivity (Wildman–Crippen MR) is 52.8 cm³/mol. The van der Waals surface area contributed by atoms with Gasteiger partial charge in [-0.25, -0.2) is 0 Å². The first-order chi connectivity index (χ1) is 5.75. The van der Waals surface area contributed by atoms with Crippen molar-refractivity contribution in [2.45, 2.75) is 45.1 Å². The third-order valence-electron chi connectivity index (χ3n) is 3.22. The van der Waals surface area contributed by atoms with Crippen molar-refractivity contribution in [2.75, 3.05) is 6.54 Å².